The maximum absolute atomic E-state index is 12.5. The van der Waals surface area contributed by atoms with Crippen molar-refractivity contribution >= 4 is 5.91 Å². The number of aliphatic hydroxyl groups is 1. The molecular formula is C19H28N2O3. The zero-order valence-electron chi connectivity index (χ0n) is 14.6. The molecule has 0 spiro atoms. The molecule has 5 nitrogen and oxygen atoms in total. The van der Waals surface area contributed by atoms with Gasteiger partial charge in [-0.1, -0.05) is 18.6 Å². The summed E-state index contributed by atoms with van der Waals surface area (Å²) >= 11 is 0. The van der Waals surface area contributed by atoms with E-state index in [0.29, 0.717) is 17.8 Å². The predicted octanol–water partition coefficient (Wildman–Crippen LogP) is 2.08. The van der Waals surface area contributed by atoms with Gasteiger partial charge in [0.25, 0.3) is 5.91 Å². The van der Waals surface area contributed by atoms with Crippen LogP contribution in [0.1, 0.15) is 44.6 Å². The quantitative estimate of drug-likeness (QED) is 0.867. The van der Waals surface area contributed by atoms with Crippen molar-refractivity contribution in [2.24, 2.45) is 0 Å². The van der Waals surface area contributed by atoms with Crippen LogP contribution in [0.25, 0.3) is 0 Å². The van der Waals surface area contributed by atoms with Crippen LogP contribution in [0.2, 0.25) is 0 Å². The molecule has 5 heteroatoms. The molecule has 2 bridgehead atoms. The summed E-state index contributed by atoms with van der Waals surface area (Å²) in [5.74, 6) is 0.557. The number of fused-ring (bicyclic) bond motifs is 2. The lowest BCUT2D eigenvalue weighted by molar-refractivity contribution is -0.128. The minimum Gasteiger partial charge on any atom is -0.481 e. The molecule has 1 aromatic carbocycles. The predicted molar refractivity (Wildman–Crippen MR) is 92.8 cm³/mol. The molecule has 1 aromatic rings. The van der Waals surface area contributed by atoms with Crippen molar-refractivity contribution in [3.63, 3.8) is 0 Å². The molecule has 3 unspecified atom stereocenters. The van der Waals surface area contributed by atoms with E-state index in [4.69, 9.17) is 4.74 Å². The first-order valence-electron chi connectivity index (χ1n) is 8.95. The van der Waals surface area contributed by atoms with E-state index in [9.17, 15) is 9.90 Å². The normalized spacial score (nSPS) is 28.2. The Morgan fingerprint density at radius 3 is 2.75 bits per heavy atom. The minimum atomic E-state index is -0.543. The largest absolute Gasteiger partial charge is 0.481 e. The number of nitrogens with one attached hydrogen (secondary N) is 1. The average molecular weight is 332 g/mol. The van der Waals surface area contributed by atoms with E-state index in [2.05, 4.69) is 17.3 Å². The third kappa shape index (κ3) is 3.90. The summed E-state index contributed by atoms with van der Waals surface area (Å²) in [7, 11) is 2.21. The van der Waals surface area contributed by atoms with E-state index in [0.717, 1.165) is 18.4 Å². The topological polar surface area (TPSA) is 61.8 Å². The maximum Gasteiger partial charge on any atom is 0.260 e. The van der Waals surface area contributed by atoms with Gasteiger partial charge in [-0.2, -0.15) is 0 Å². The van der Waals surface area contributed by atoms with Gasteiger partial charge in [-0.25, -0.2) is 0 Å². The summed E-state index contributed by atoms with van der Waals surface area (Å²) in [6, 6.07) is 8.67. The number of amides is 1. The molecule has 0 radical (unpaired) electrons. The van der Waals surface area contributed by atoms with Crippen LogP contribution < -0.4 is 10.1 Å². The third-order valence-electron chi connectivity index (χ3n) is 5.45. The lowest BCUT2D eigenvalue weighted by Gasteiger charge is -2.47. The van der Waals surface area contributed by atoms with Gasteiger partial charge in [-0.15, -0.1) is 0 Å². The first-order valence-corrected chi connectivity index (χ1v) is 8.95. The van der Waals surface area contributed by atoms with E-state index in [1.807, 2.05) is 18.2 Å². The van der Waals surface area contributed by atoms with Gasteiger partial charge >= 0.3 is 0 Å². The number of aliphatic hydroxyl groups excluding tert-OH is 1. The van der Waals surface area contributed by atoms with Gasteiger partial charge < -0.3 is 20.1 Å². The molecule has 2 N–H and O–H groups in total. The number of ether oxygens (including phenoxy) is 1. The Morgan fingerprint density at radius 2 is 2.08 bits per heavy atom. The molecule has 132 valence electrons. The van der Waals surface area contributed by atoms with Crippen LogP contribution in [0, 0.1) is 0 Å². The zero-order chi connectivity index (χ0) is 17.1. The molecule has 24 heavy (non-hydrogen) atoms. The Hall–Kier alpha value is -1.59. The monoisotopic (exact) mass is 332 g/mol. The van der Waals surface area contributed by atoms with Crippen molar-refractivity contribution in [2.75, 3.05) is 7.05 Å². The van der Waals surface area contributed by atoms with Crippen LogP contribution in [0.4, 0.5) is 0 Å². The Kier molecular flexibility index (Phi) is 5.41. The number of carbonyl (C=O) groups excluding carboxylic acids is 1. The molecule has 0 aromatic heterocycles. The van der Waals surface area contributed by atoms with Crippen molar-refractivity contribution in [2.45, 2.75) is 69.9 Å². The Balaban J connectivity index is 1.54. The van der Waals surface area contributed by atoms with Gasteiger partial charge in [0, 0.05) is 18.1 Å². The van der Waals surface area contributed by atoms with Crippen LogP contribution in [-0.4, -0.2) is 47.2 Å². The molecule has 0 aliphatic carbocycles. The summed E-state index contributed by atoms with van der Waals surface area (Å²) in [5.41, 5.74) is 0.781. The third-order valence-corrected chi connectivity index (χ3v) is 5.45. The number of hydrogen-bond acceptors (Lipinski definition) is 4. The number of carbonyl (C=O) groups is 1. The summed E-state index contributed by atoms with van der Waals surface area (Å²) in [5, 5.41) is 12.4. The number of hydrogen-bond donors (Lipinski definition) is 2. The molecule has 2 aliphatic heterocycles. The van der Waals surface area contributed by atoms with E-state index in [-0.39, 0.29) is 18.6 Å². The smallest absolute Gasteiger partial charge is 0.260 e. The summed E-state index contributed by atoms with van der Waals surface area (Å²) < 4.78 is 5.74. The number of rotatable bonds is 5. The molecule has 1 amide bonds. The first-order chi connectivity index (χ1) is 11.6. The van der Waals surface area contributed by atoms with Crippen LogP contribution >= 0.6 is 0 Å². The Labute approximate surface area is 144 Å². The average Bonchev–Trinajstić information content (AvgIpc) is 2.56. The van der Waals surface area contributed by atoms with Gasteiger partial charge in [0.2, 0.25) is 0 Å². The summed E-state index contributed by atoms with van der Waals surface area (Å²) in [6.45, 7) is 1.74. The molecule has 2 saturated heterocycles. The van der Waals surface area contributed by atoms with Crippen molar-refractivity contribution in [3.8, 4) is 5.75 Å². The van der Waals surface area contributed by atoms with Crippen LogP contribution in [0.3, 0.4) is 0 Å². The van der Waals surface area contributed by atoms with Crippen molar-refractivity contribution in [1.29, 1.82) is 0 Å². The molecule has 2 fully saturated rings. The van der Waals surface area contributed by atoms with Gasteiger partial charge in [-0.3, -0.25) is 4.79 Å². The number of benzene rings is 1. The summed E-state index contributed by atoms with van der Waals surface area (Å²) in [6.07, 6.45) is 5.30. The Morgan fingerprint density at radius 1 is 1.38 bits per heavy atom. The van der Waals surface area contributed by atoms with E-state index in [1.165, 1.54) is 19.3 Å². The minimum absolute atomic E-state index is 0.0316. The highest BCUT2D eigenvalue weighted by Gasteiger charge is 2.36. The fraction of sp³-hybridized carbons (Fsp3) is 0.632. The lowest BCUT2D eigenvalue weighted by atomic mass is 9.82. The van der Waals surface area contributed by atoms with E-state index >= 15 is 0 Å². The molecular weight excluding hydrogens is 304 g/mol. The van der Waals surface area contributed by atoms with Crippen LogP contribution in [-0.2, 0) is 11.4 Å². The molecule has 2 heterocycles. The second-order valence-electron chi connectivity index (χ2n) is 7.15. The van der Waals surface area contributed by atoms with Gasteiger partial charge in [0.05, 0.1) is 6.61 Å². The maximum atomic E-state index is 12.5. The van der Waals surface area contributed by atoms with Gasteiger partial charge in [-0.05, 0) is 57.4 Å². The SMILES string of the molecule is CC(Oc1cccc(CO)c1)C(=O)NC1CC2CCCC(C1)N2C. The van der Waals surface area contributed by atoms with Crippen molar-refractivity contribution in [1.82, 2.24) is 10.2 Å². The highest BCUT2D eigenvalue weighted by Crippen LogP contribution is 2.32. The van der Waals surface area contributed by atoms with E-state index < -0.39 is 6.10 Å². The number of nitrogens with zero attached hydrogens (tertiary/aromatic N) is 1. The Bertz CT molecular complexity index is 563. The van der Waals surface area contributed by atoms with Crippen LogP contribution in [0.15, 0.2) is 24.3 Å². The highest BCUT2D eigenvalue weighted by molar-refractivity contribution is 5.81. The standard InChI is InChI=1S/C19H28N2O3/c1-13(24-18-8-3-5-14(9-18)12-22)19(23)20-15-10-16-6-4-7-17(11-15)21(16)2/h3,5,8-9,13,15-17,22H,4,6-7,10-12H2,1-2H3,(H,20,23). The van der Waals surface area contributed by atoms with Crippen molar-refractivity contribution in [3.05, 3.63) is 29.8 Å². The van der Waals surface area contributed by atoms with Crippen molar-refractivity contribution < 1.29 is 14.6 Å². The first kappa shape index (κ1) is 17.2. The second-order valence-corrected chi connectivity index (χ2v) is 7.15. The molecule has 3 rings (SSSR count). The fourth-order valence-electron chi connectivity index (χ4n) is 4.03. The van der Waals surface area contributed by atoms with E-state index in [1.54, 1.807) is 13.0 Å². The zero-order valence-corrected chi connectivity index (χ0v) is 14.6. The second kappa shape index (κ2) is 7.53. The summed E-state index contributed by atoms with van der Waals surface area (Å²) in [4.78, 5) is 15.0. The molecule has 3 atom stereocenters. The fourth-order valence-corrected chi connectivity index (χ4v) is 4.03. The lowest BCUT2D eigenvalue weighted by Crippen LogP contribution is -2.56. The molecule has 2 aliphatic rings. The van der Waals surface area contributed by atoms with Crippen LogP contribution in [0.5, 0.6) is 5.75 Å². The highest BCUT2D eigenvalue weighted by atomic mass is 16.5. The van der Waals surface area contributed by atoms with Gasteiger partial charge in [0.1, 0.15) is 5.75 Å². The van der Waals surface area contributed by atoms with Gasteiger partial charge in [0.15, 0.2) is 6.10 Å². The molecule has 0 saturated carbocycles. The number of piperidine rings is 2.